The third-order valence-corrected chi connectivity index (χ3v) is 3.55. The van der Waals surface area contributed by atoms with Gasteiger partial charge in [-0.1, -0.05) is 0 Å². The van der Waals surface area contributed by atoms with Crippen LogP contribution in [0.2, 0.25) is 0 Å². The second kappa shape index (κ2) is 3.85. The number of hydrogen-bond acceptors (Lipinski definition) is 3. The number of nitrogen functional groups attached to an aromatic ring is 1. The van der Waals surface area contributed by atoms with Crippen LogP contribution < -0.4 is 5.73 Å². The van der Waals surface area contributed by atoms with E-state index in [9.17, 15) is 0 Å². The van der Waals surface area contributed by atoms with Crippen molar-refractivity contribution in [3.63, 3.8) is 0 Å². The van der Waals surface area contributed by atoms with Crippen molar-refractivity contribution in [2.75, 3.05) is 19.3 Å². The number of hydrogen-bond donors (Lipinski definition) is 1. The molecule has 2 atom stereocenters. The smallest absolute Gasteiger partial charge is 0.124 e. The molecule has 0 radical (unpaired) electrons. The Hall–Kier alpha value is -1.03. The van der Waals surface area contributed by atoms with E-state index >= 15 is 0 Å². The highest BCUT2D eigenvalue weighted by Crippen LogP contribution is 2.28. The maximum absolute atomic E-state index is 6.00. The first-order valence-electron chi connectivity index (χ1n) is 5.59. The molecule has 1 aromatic rings. The van der Waals surface area contributed by atoms with Crippen LogP contribution in [0.25, 0.3) is 0 Å². The van der Waals surface area contributed by atoms with E-state index in [1.54, 1.807) is 0 Å². The predicted octanol–water partition coefficient (Wildman–Crippen LogP) is 1.43. The van der Waals surface area contributed by atoms with Gasteiger partial charge in [0.25, 0.3) is 0 Å². The molecule has 1 saturated heterocycles. The molecule has 4 nitrogen and oxygen atoms in total. The number of likely N-dealkylation sites (tertiary alicyclic amines) is 1. The first kappa shape index (κ1) is 10.5. The van der Waals surface area contributed by atoms with E-state index in [2.05, 4.69) is 24.0 Å². The summed E-state index contributed by atoms with van der Waals surface area (Å²) < 4.78 is 2.00. The van der Waals surface area contributed by atoms with Gasteiger partial charge in [-0.25, -0.2) is 4.68 Å². The largest absolute Gasteiger partial charge is 0.384 e. The summed E-state index contributed by atoms with van der Waals surface area (Å²) in [5.74, 6) is 0.830. The van der Waals surface area contributed by atoms with Crippen molar-refractivity contribution in [1.29, 1.82) is 0 Å². The van der Waals surface area contributed by atoms with Gasteiger partial charge in [0.2, 0.25) is 0 Å². The Labute approximate surface area is 91.1 Å². The van der Waals surface area contributed by atoms with E-state index in [4.69, 9.17) is 5.73 Å². The number of anilines is 1. The molecule has 0 aromatic carbocycles. The molecule has 2 N–H and O–H groups in total. The van der Waals surface area contributed by atoms with Crippen LogP contribution in [0.4, 0.5) is 5.82 Å². The SMILES string of the molecule is Cc1cnn(C2CCN(C)C(C)C2)c1N. The lowest BCUT2D eigenvalue weighted by atomic mass is 9.99. The molecule has 4 heteroatoms. The molecule has 2 heterocycles. The standard InChI is InChI=1S/C11H20N4/c1-8-7-13-15(11(8)12)10-4-5-14(3)9(2)6-10/h7,9-10H,4-6,12H2,1-3H3. The summed E-state index contributed by atoms with van der Waals surface area (Å²) >= 11 is 0. The van der Waals surface area contributed by atoms with Gasteiger partial charge >= 0.3 is 0 Å². The highest BCUT2D eigenvalue weighted by molar-refractivity contribution is 5.37. The molecule has 0 spiro atoms. The summed E-state index contributed by atoms with van der Waals surface area (Å²) in [6.07, 6.45) is 4.15. The minimum atomic E-state index is 0.477. The van der Waals surface area contributed by atoms with Crippen LogP contribution in [0.3, 0.4) is 0 Å². The zero-order valence-corrected chi connectivity index (χ0v) is 9.77. The molecule has 15 heavy (non-hydrogen) atoms. The summed E-state index contributed by atoms with van der Waals surface area (Å²) in [6.45, 7) is 5.40. The van der Waals surface area contributed by atoms with Crippen molar-refractivity contribution in [1.82, 2.24) is 14.7 Å². The van der Waals surface area contributed by atoms with Gasteiger partial charge in [0.05, 0.1) is 12.2 Å². The average molecular weight is 208 g/mol. The van der Waals surface area contributed by atoms with Crippen molar-refractivity contribution in [2.24, 2.45) is 0 Å². The van der Waals surface area contributed by atoms with E-state index in [-0.39, 0.29) is 0 Å². The van der Waals surface area contributed by atoms with Gasteiger partial charge in [-0.15, -0.1) is 0 Å². The predicted molar refractivity (Wildman–Crippen MR) is 61.7 cm³/mol. The second-order valence-electron chi connectivity index (χ2n) is 4.67. The van der Waals surface area contributed by atoms with Gasteiger partial charge in [-0.3, -0.25) is 0 Å². The molecule has 2 rings (SSSR count). The highest BCUT2D eigenvalue weighted by atomic mass is 15.3. The fraction of sp³-hybridized carbons (Fsp3) is 0.727. The van der Waals surface area contributed by atoms with E-state index in [1.807, 2.05) is 17.8 Å². The van der Waals surface area contributed by atoms with E-state index in [1.165, 1.54) is 0 Å². The summed E-state index contributed by atoms with van der Waals surface area (Å²) in [5.41, 5.74) is 7.09. The van der Waals surface area contributed by atoms with Crippen molar-refractivity contribution >= 4 is 5.82 Å². The lowest BCUT2D eigenvalue weighted by molar-refractivity contribution is 0.152. The third-order valence-electron chi connectivity index (χ3n) is 3.55. The fourth-order valence-electron chi connectivity index (χ4n) is 2.24. The fourth-order valence-corrected chi connectivity index (χ4v) is 2.24. The van der Waals surface area contributed by atoms with Crippen LogP contribution in [-0.2, 0) is 0 Å². The zero-order chi connectivity index (χ0) is 11.0. The zero-order valence-electron chi connectivity index (χ0n) is 9.77. The number of nitrogens with two attached hydrogens (primary N) is 1. The van der Waals surface area contributed by atoms with Crippen molar-refractivity contribution in [3.8, 4) is 0 Å². The molecule has 0 bridgehead atoms. The lowest BCUT2D eigenvalue weighted by Gasteiger charge is -2.35. The molecule has 0 amide bonds. The van der Waals surface area contributed by atoms with Crippen LogP contribution in [0, 0.1) is 6.92 Å². The Balaban J connectivity index is 2.15. The summed E-state index contributed by atoms with van der Waals surface area (Å²) in [4.78, 5) is 2.39. The Morgan fingerprint density at radius 2 is 2.27 bits per heavy atom. The van der Waals surface area contributed by atoms with Gasteiger partial charge < -0.3 is 10.6 Å². The number of aryl methyl sites for hydroxylation is 1. The molecule has 0 saturated carbocycles. The Bertz CT molecular complexity index is 344. The topological polar surface area (TPSA) is 47.1 Å². The van der Waals surface area contributed by atoms with Crippen molar-refractivity contribution < 1.29 is 0 Å². The maximum Gasteiger partial charge on any atom is 0.124 e. The first-order chi connectivity index (χ1) is 7.09. The summed E-state index contributed by atoms with van der Waals surface area (Å²) in [6, 6.07) is 1.09. The number of aromatic nitrogens is 2. The van der Waals surface area contributed by atoms with Crippen molar-refractivity contribution in [3.05, 3.63) is 11.8 Å². The molecule has 1 aromatic heterocycles. The minimum Gasteiger partial charge on any atom is -0.384 e. The molecule has 1 fully saturated rings. The number of nitrogens with zero attached hydrogens (tertiary/aromatic N) is 3. The second-order valence-corrected chi connectivity index (χ2v) is 4.67. The van der Waals surface area contributed by atoms with Crippen LogP contribution in [-0.4, -0.2) is 34.3 Å². The van der Waals surface area contributed by atoms with E-state index < -0.39 is 0 Å². The molecular weight excluding hydrogens is 188 g/mol. The maximum atomic E-state index is 6.00. The average Bonchev–Trinajstić information content (AvgIpc) is 2.53. The molecule has 2 unspecified atom stereocenters. The summed E-state index contributed by atoms with van der Waals surface area (Å²) in [7, 11) is 2.18. The van der Waals surface area contributed by atoms with Gasteiger partial charge in [0.1, 0.15) is 5.82 Å². The normalized spacial score (nSPS) is 28.2. The van der Waals surface area contributed by atoms with E-state index in [0.717, 1.165) is 30.8 Å². The molecule has 1 aliphatic rings. The van der Waals surface area contributed by atoms with Crippen molar-refractivity contribution in [2.45, 2.75) is 38.8 Å². The number of rotatable bonds is 1. The van der Waals surface area contributed by atoms with Gasteiger partial charge in [-0.2, -0.15) is 5.10 Å². The highest BCUT2D eigenvalue weighted by Gasteiger charge is 2.25. The quantitative estimate of drug-likeness (QED) is 0.759. The molecule has 1 aliphatic heterocycles. The molecular formula is C11H20N4. The monoisotopic (exact) mass is 208 g/mol. The minimum absolute atomic E-state index is 0.477. The lowest BCUT2D eigenvalue weighted by Crippen LogP contribution is -2.38. The Morgan fingerprint density at radius 3 is 2.80 bits per heavy atom. The molecule has 84 valence electrons. The molecule has 0 aliphatic carbocycles. The van der Waals surface area contributed by atoms with Gasteiger partial charge in [0, 0.05) is 18.2 Å². The Morgan fingerprint density at radius 1 is 1.53 bits per heavy atom. The third kappa shape index (κ3) is 1.86. The summed E-state index contributed by atoms with van der Waals surface area (Å²) in [5, 5.41) is 4.37. The van der Waals surface area contributed by atoms with Crippen LogP contribution in [0.5, 0.6) is 0 Å². The van der Waals surface area contributed by atoms with Gasteiger partial charge in [-0.05, 0) is 33.7 Å². The van der Waals surface area contributed by atoms with Crippen LogP contribution in [0.15, 0.2) is 6.20 Å². The van der Waals surface area contributed by atoms with E-state index in [0.29, 0.717) is 12.1 Å². The Kier molecular flexibility index (Phi) is 2.69. The van der Waals surface area contributed by atoms with Gasteiger partial charge in [0.15, 0.2) is 0 Å². The first-order valence-corrected chi connectivity index (χ1v) is 5.59. The van der Waals surface area contributed by atoms with Crippen LogP contribution >= 0.6 is 0 Å². The van der Waals surface area contributed by atoms with Crippen LogP contribution in [0.1, 0.15) is 31.4 Å². The number of piperidine rings is 1.